The summed E-state index contributed by atoms with van der Waals surface area (Å²) in [6, 6.07) is 102. The highest BCUT2D eigenvalue weighted by Crippen LogP contribution is 2.62. The average Bonchev–Trinajstić information content (AvgIpc) is 4.15. The van der Waals surface area contributed by atoms with Gasteiger partial charge in [-0.2, -0.15) is 0 Å². The van der Waals surface area contributed by atoms with Crippen LogP contribution in [0.3, 0.4) is 0 Å². The van der Waals surface area contributed by atoms with Crippen molar-refractivity contribution in [3.8, 4) is 89.0 Å². The molecule has 0 bridgehead atoms. The number of nitrogens with zero attached hydrogens (tertiary/aromatic N) is 1. The van der Waals surface area contributed by atoms with Crippen LogP contribution in [0, 0.1) is 6.92 Å². The number of para-hydroxylation sites is 2. The van der Waals surface area contributed by atoms with E-state index in [9.17, 15) is 0 Å². The van der Waals surface area contributed by atoms with Crippen LogP contribution >= 0.6 is 0 Å². The first-order valence-corrected chi connectivity index (χ1v) is 26.3. The minimum Gasteiger partial charge on any atom is -0.456 e. The minimum atomic E-state index is 0.705. The van der Waals surface area contributed by atoms with Gasteiger partial charge >= 0.3 is 0 Å². The summed E-state index contributed by atoms with van der Waals surface area (Å²) in [6.45, 7) is 2.27. The first kappa shape index (κ1) is 44.9. The Morgan fingerprint density at radius 1 is 0.303 bits per heavy atom. The number of fused-ring (bicyclic) bond motifs is 6. The lowest BCUT2D eigenvalue weighted by molar-refractivity contribution is 0.669. The first-order chi connectivity index (χ1) is 37.7. The summed E-state index contributed by atoms with van der Waals surface area (Å²) in [5, 5.41) is 2.21. The third-order valence-corrected chi connectivity index (χ3v) is 15.4. The van der Waals surface area contributed by atoms with Gasteiger partial charge in [0, 0.05) is 39.4 Å². The molecule has 0 saturated carbocycles. The zero-order valence-electron chi connectivity index (χ0n) is 42.1. The van der Waals surface area contributed by atoms with Gasteiger partial charge in [-0.3, -0.25) is 0 Å². The lowest BCUT2D eigenvalue weighted by atomic mass is 9.78. The van der Waals surface area contributed by atoms with Gasteiger partial charge in [-0.05, 0) is 115 Å². The predicted molar refractivity (Wildman–Crippen MR) is 319 cm³/mol. The van der Waals surface area contributed by atoms with E-state index in [1.165, 1.54) is 72.3 Å². The van der Waals surface area contributed by atoms with Gasteiger partial charge in [0.15, 0.2) is 0 Å². The molecule has 0 aliphatic heterocycles. The van der Waals surface area contributed by atoms with Crippen molar-refractivity contribution in [1.82, 2.24) is 0 Å². The lowest BCUT2D eigenvalue weighted by Crippen LogP contribution is -2.17. The molecule has 1 aliphatic rings. The highest BCUT2D eigenvalue weighted by molar-refractivity contribution is 6.18. The summed E-state index contributed by atoms with van der Waals surface area (Å²) in [7, 11) is 0. The van der Waals surface area contributed by atoms with Crippen LogP contribution in [0.5, 0.6) is 0 Å². The van der Waals surface area contributed by atoms with E-state index in [0.717, 1.165) is 72.4 Å². The second-order valence-corrected chi connectivity index (χ2v) is 19.8. The molecule has 13 aromatic rings. The van der Waals surface area contributed by atoms with E-state index in [1.54, 1.807) is 0 Å². The summed E-state index contributed by atoms with van der Waals surface area (Å²) < 4.78 is 6.67. The molecule has 0 spiro atoms. The van der Waals surface area contributed by atoms with E-state index >= 15 is 0 Å². The van der Waals surface area contributed by atoms with Crippen LogP contribution in [-0.2, 0) is 6.42 Å². The zero-order chi connectivity index (χ0) is 50.5. The number of hydrogen-bond acceptors (Lipinski definition) is 2. The minimum absolute atomic E-state index is 0.705. The SMILES string of the molecule is Cc1cccc(N(c2ccccc2-c2ccccc2)c2c3c(c(-c4ccccc4)c(-c4ccccc4)c2-c2ccccc2)-c2c(ccc(-c4ccccc4)c2-c2ccccc2)C3)c1-c1cccc2oc3ccccc3c12. The predicted octanol–water partition coefficient (Wildman–Crippen LogP) is 20.6. The Morgan fingerprint density at radius 3 is 1.39 bits per heavy atom. The summed E-state index contributed by atoms with van der Waals surface area (Å²) in [6.07, 6.45) is 0.705. The van der Waals surface area contributed by atoms with Gasteiger partial charge in [0.1, 0.15) is 11.2 Å². The van der Waals surface area contributed by atoms with Crippen molar-refractivity contribution >= 4 is 39.0 Å². The Kier molecular flexibility index (Phi) is 11.2. The summed E-state index contributed by atoms with van der Waals surface area (Å²) in [4.78, 5) is 2.65. The maximum Gasteiger partial charge on any atom is 0.136 e. The summed E-state index contributed by atoms with van der Waals surface area (Å²) >= 11 is 0. The lowest BCUT2D eigenvalue weighted by Gasteiger charge is -2.36. The van der Waals surface area contributed by atoms with E-state index in [4.69, 9.17) is 4.42 Å². The molecule has 0 saturated heterocycles. The van der Waals surface area contributed by atoms with Crippen molar-refractivity contribution in [2.45, 2.75) is 13.3 Å². The molecule has 2 nitrogen and oxygen atoms in total. The standard InChI is InChI=1S/C74H51NO/c1-49-26-24-43-63(66(49)60-41-25-45-65-72(60)59-40-21-23-44-64(59)76-65)75(62-42-22-20-39-57(62)50-27-8-2-9-28-50)74-61-48-56-46-47-58(51-29-10-3-11-30-51)67(52-31-12-4-13-32-52)70(56)73(61)69(54-35-16-6-17-36-54)68(53-33-14-5-15-34-53)71(74)55-37-18-7-19-38-55/h2-47H,48H2,1H3. The van der Waals surface area contributed by atoms with Gasteiger partial charge in [0.2, 0.25) is 0 Å². The summed E-state index contributed by atoms with van der Waals surface area (Å²) in [5.74, 6) is 0. The monoisotopic (exact) mass is 969 g/mol. The molecular formula is C74H51NO. The van der Waals surface area contributed by atoms with Gasteiger partial charge in [-0.1, -0.05) is 255 Å². The molecule has 0 unspecified atom stereocenters. The van der Waals surface area contributed by atoms with Crippen molar-refractivity contribution in [2.75, 3.05) is 4.90 Å². The molecule has 1 aliphatic carbocycles. The number of anilines is 3. The second-order valence-electron chi connectivity index (χ2n) is 19.8. The topological polar surface area (TPSA) is 16.4 Å². The summed E-state index contributed by atoms with van der Waals surface area (Å²) in [5.41, 5.74) is 27.7. The quantitative estimate of drug-likeness (QED) is 0.136. The van der Waals surface area contributed by atoms with Gasteiger partial charge in [-0.25, -0.2) is 0 Å². The molecule has 2 heteroatoms. The van der Waals surface area contributed by atoms with E-state index in [1.807, 2.05) is 0 Å². The van der Waals surface area contributed by atoms with Crippen LogP contribution in [0.1, 0.15) is 16.7 Å². The van der Waals surface area contributed by atoms with Gasteiger partial charge in [0.05, 0.1) is 17.1 Å². The van der Waals surface area contributed by atoms with Crippen molar-refractivity contribution in [3.05, 3.63) is 296 Å². The molecule has 0 amide bonds. The third-order valence-electron chi connectivity index (χ3n) is 15.4. The molecule has 1 heterocycles. The van der Waals surface area contributed by atoms with Crippen LogP contribution in [0.15, 0.2) is 283 Å². The van der Waals surface area contributed by atoms with Gasteiger partial charge in [-0.15, -0.1) is 0 Å². The van der Waals surface area contributed by atoms with Crippen LogP contribution in [0.25, 0.3) is 111 Å². The van der Waals surface area contributed by atoms with Crippen molar-refractivity contribution in [3.63, 3.8) is 0 Å². The van der Waals surface area contributed by atoms with Gasteiger partial charge in [0.25, 0.3) is 0 Å². The fourth-order valence-electron chi connectivity index (χ4n) is 12.3. The Hall–Kier alpha value is -9.76. The van der Waals surface area contributed by atoms with Crippen LogP contribution in [0.4, 0.5) is 17.1 Å². The number of hydrogen-bond donors (Lipinski definition) is 0. The second kappa shape index (κ2) is 18.9. The Morgan fingerprint density at radius 2 is 0.763 bits per heavy atom. The Labute approximate surface area is 444 Å². The normalized spacial score (nSPS) is 11.7. The van der Waals surface area contributed by atoms with Crippen molar-refractivity contribution in [2.24, 2.45) is 0 Å². The van der Waals surface area contributed by atoms with Gasteiger partial charge < -0.3 is 9.32 Å². The Balaban J connectivity index is 1.22. The molecule has 0 fully saturated rings. The fraction of sp³-hybridized carbons (Fsp3) is 0.0270. The first-order valence-electron chi connectivity index (χ1n) is 26.3. The molecule has 0 radical (unpaired) electrons. The smallest absolute Gasteiger partial charge is 0.136 e. The average molecular weight is 970 g/mol. The maximum atomic E-state index is 6.67. The Bertz CT molecular complexity index is 4280. The van der Waals surface area contributed by atoms with E-state index < -0.39 is 0 Å². The molecule has 76 heavy (non-hydrogen) atoms. The van der Waals surface area contributed by atoms with E-state index in [0.29, 0.717) is 6.42 Å². The molecule has 358 valence electrons. The molecule has 0 N–H and O–H groups in total. The molecular weight excluding hydrogens is 919 g/mol. The van der Waals surface area contributed by atoms with Crippen molar-refractivity contribution in [1.29, 1.82) is 0 Å². The highest BCUT2D eigenvalue weighted by Gasteiger charge is 2.38. The zero-order valence-corrected chi connectivity index (χ0v) is 42.1. The fourth-order valence-corrected chi connectivity index (χ4v) is 12.3. The van der Waals surface area contributed by atoms with E-state index in [-0.39, 0.29) is 0 Å². The third kappa shape index (κ3) is 7.49. The molecule has 14 rings (SSSR count). The largest absolute Gasteiger partial charge is 0.456 e. The van der Waals surface area contributed by atoms with Crippen molar-refractivity contribution < 1.29 is 4.42 Å². The number of furan rings is 1. The van der Waals surface area contributed by atoms with Crippen LogP contribution in [-0.4, -0.2) is 0 Å². The molecule has 12 aromatic carbocycles. The molecule has 0 atom stereocenters. The number of rotatable bonds is 10. The van der Waals surface area contributed by atoms with Crippen LogP contribution < -0.4 is 4.90 Å². The number of aryl methyl sites for hydroxylation is 1. The highest BCUT2D eigenvalue weighted by atomic mass is 16.3. The van der Waals surface area contributed by atoms with E-state index in [2.05, 4.69) is 291 Å². The molecule has 1 aromatic heterocycles. The number of benzene rings is 12. The maximum absolute atomic E-state index is 6.67. The van der Waals surface area contributed by atoms with Crippen LogP contribution in [0.2, 0.25) is 0 Å².